The predicted octanol–water partition coefficient (Wildman–Crippen LogP) is 2.96. The number of hydrogen-bond acceptors (Lipinski definition) is 5. The molecule has 0 spiro atoms. The van der Waals surface area contributed by atoms with Crippen LogP contribution in [0.5, 0.6) is 11.6 Å². The maximum absolute atomic E-state index is 11.2. The minimum absolute atomic E-state index is 0.328. The second-order valence-electron chi connectivity index (χ2n) is 6.38. The molecule has 0 saturated carbocycles. The summed E-state index contributed by atoms with van der Waals surface area (Å²) in [5.41, 5.74) is 6.63. The Morgan fingerprint density at radius 3 is 2.76 bits per heavy atom. The molecule has 2 N–H and O–H groups in total. The van der Waals surface area contributed by atoms with Crippen LogP contribution in [-0.2, 0) is 0 Å². The Labute approximate surface area is 148 Å². The largest absolute Gasteiger partial charge is 0.437 e. The van der Waals surface area contributed by atoms with E-state index < -0.39 is 5.91 Å². The molecule has 1 aromatic heterocycles. The molecule has 132 valence electrons. The number of carbonyl (C=O) groups is 1. The highest BCUT2D eigenvalue weighted by Gasteiger charge is 2.25. The minimum atomic E-state index is -0.454. The summed E-state index contributed by atoms with van der Waals surface area (Å²) < 4.78 is 5.95. The number of carbonyl (C=O) groups excluding carboxylic acids is 1. The highest BCUT2D eigenvalue weighted by atomic mass is 16.5. The second kappa shape index (κ2) is 8.07. The van der Waals surface area contributed by atoms with E-state index in [1.54, 1.807) is 36.7 Å². The van der Waals surface area contributed by atoms with Gasteiger partial charge in [0.15, 0.2) is 0 Å². The number of aromatic nitrogens is 2. The van der Waals surface area contributed by atoms with E-state index >= 15 is 0 Å². The summed E-state index contributed by atoms with van der Waals surface area (Å²) >= 11 is 0. The molecule has 2 aromatic rings. The summed E-state index contributed by atoms with van der Waals surface area (Å²) in [5.74, 6) is 1.03. The maximum atomic E-state index is 11.2. The van der Waals surface area contributed by atoms with E-state index in [4.69, 9.17) is 10.5 Å². The van der Waals surface area contributed by atoms with Crippen LogP contribution in [0.25, 0.3) is 0 Å². The molecule has 1 aliphatic heterocycles. The van der Waals surface area contributed by atoms with Crippen LogP contribution in [0.4, 0.5) is 0 Å². The van der Waals surface area contributed by atoms with E-state index in [2.05, 4.69) is 21.8 Å². The van der Waals surface area contributed by atoms with Gasteiger partial charge in [-0.3, -0.25) is 9.78 Å². The quantitative estimate of drug-likeness (QED) is 0.874. The Balaban J connectivity index is 1.77. The Hall–Kier alpha value is -2.47. The first-order valence-electron chi connectivity index (χ1n) is 8.78. The fraction of sp³-hybridized carbons (Fsp3) is 0.421. The predicted molar refractivity (Wildman–Crippen MR) is 95.8 cm³/mol. The molecule has 6 nitrogen and oxygen atoms in total. The van der Waals surface area contributed by atoms with Gasteiger partial charge in [0.05, 0.1) is 0 Å². The molecule has 1 aromatic carbocycles. The zero-order valence-corrected chi connectivity index (χ0v) is 14.5. The van der Waals surface area contributed by atoms with Crippen molar-refractivity contribution in [2.24, 2.45) is 5.73 Å². The topological polar surface area (TPSA) is 81.3 Å². The number of likely N-dealkylation sites (tertiary alicyclic amines) is 1. The molecule has 2 heterocycles. The Morgan fingerprint density at radius 1 is 1.28 bits per heavy atom. The molecule has 1 saturated heterocycles. The molecule has 1 aliphatic rings. The van der Waals surface area contributed by atoms with Gasteiger partial charge < -0.3 is 15.4 Å². The molecule has 1 amide bonds. The molecular formula is C19H24N4O2. The SMILES string of the molecule is CCCN1CCCC(c2nccnc2Oc2ccc(C(N)=O)cc2)C1. The molecule has 0 aliphatic carbocycles. The molecular weight excluding hydrogens is 316 g/mol. The molecule has 1 atom stereocenters. The van der Waals surface area contributed by atoms with Crippen molar-refractivity contribution in [2.45, 2.75) is 32.1 Å². The van der Waals surface area contributed by atoms with Crippen molar-refractivity contribution in [1.29, 1.82) is 0 Å². The Kier molecular flexibility index (Phi) is 5.60. The van der Waals surface area contributed by atoms with E-state index in [1.165, 1.54) is 0 Å². The Bertz CT molecular complexity index is 716. The molecule has 0 bridgehead atoms. The zero-order chi connectivity index (χ0) is 17.6. The number of rotatable bonds is 6. The number of ether oxygens (including phenoxy) is 1. The van der Waals surface area contributed by atoms with Gasteiger partial charge in [-0.1, -0.05) is 6.92 Å². The van der Waals surface area contributed by atoms with Crippen molar-refractivity contribution < 1.29 is 9.53 Å². The van der Waals surface area contributed by atoms with Crippen molar-refractivity contribution in [3.8, 4) is 11.6 Å². The number of primary amides is 1. The lowest BCUT2D eigenvalue weighted by Crippen LogP contribution is -2.35. The summed E-state index contributed by atoms with van der Waals surface area (Å²) in [6, 6.07) is 6.75. The second-order valence-corrected chi connectivity index (χ2v) is 6.38. The van der Waals surface area contributed by atoms with Gasteiger partial charge in [-0.05, 0) is 56.6 Å². The first-order chi connectivity index (χ1) is 12.2. The number of hydrogen-bond donors (Lipinski definition) is 1. The lowest BCUT2D eigenvalue weighted by Gasteiger charge is -2.32. The van der Waals surface area contributed by atoms with Crippen LogP contribution < -0.4 is 10.5 Å². The third kappa shape index (κ3) is 4.33. The zero-order valence-electron chi connectivity index (χ0n) is 14.5. The van der Waals surface area contributed by atoms with E-state index in [0.717, 1.165) is 44.6 Å². The van der Waals surface area contributed by atoms with Crippen LogP contribution in [0.15, 0.2) is 36.7 Å². The maximum Gasteiger partial charge on any atom is 0.248 e. The van der Waals surface area contributed by atoms with Gasteiger partial charge in [0.25, 0.3) is 0 Å². The van der Waals surface area contributed by atoms with Gasteiger partial charge in [0.2, 0.25) is 11.8 Å². The monoisotopic (exact) mass is 340 g/mol. The molecule has 3 rings (SSSR count). The van der Waals surface area contributed by atoms with Gasteiger partial charge in [-0.25, -0.2) is 4.98 Å². The smallest absolute Gasteiger partial charge is 0.248 e. The van der Waals surface area contributed by atoms with Crippen molar-refractivity contribution in [1.82, 2.24) is 14.9 Å². The van der Waals surface area contributed by atoms with E-state index in [0.29, 0.717) is 23.1 Å². The van der Waals surface area contributed by atoms with Crippen LogP contribution in [0.1, 0.15) is 48.2 Å². The number of piperidine rings is 1. The van der Waals surface area contributed by atoms with E-state index in [-0.39, 0.29) is 0 Å². The number of nitrogens with two attached hydrogens (primary N) is 1. The Morgan fingerprint density at radius 2 is 2.04 bits per heavy atom. The number of nitrogens with zero attached hydrogens (tertiary/aromatic N) is 3. The fourth-order valence-electron chi connectivity index (χ4n) is 3.29. The lowest BCUT2D eigenvalue weighted by atomic mass is 9.94. The van der Waals surface area contributed by atoms with Crippen LogP contribution in [0, 0.1) is 0 Å². The standard InChI is InChI=1S/C19H24N4O2/c1-2-11-23-12-3-4-15(13-23)17-19(22-10-9-21-17)25-16-7-5-14(6-8-16)18(20)24/h5-10,15H,2-4,11-13H2,1H3,(H2,20,24). The van der Waals surface area contributed by atoms with Gasteiger partial charge in [-0.2, -0.15) is 0 Å². The normalized spacial score (nSPS) is 18.0. The van der Waals surface area contributed by atoms with Crippen molar-refractivity contribution in [2.75, 3.05) is 19.6 Å². The van der Waals surface area contributed by atoms with Crippen LogP contribution in [-0.4, -0.2) is 40.4 Å². The average Bonchev–Trinajstić information content (AvgIpc) is 2.63. The summed E-state index contributed by atoms with van der Waals surface area (Å²) in [6.45, 7) is 5.45. The van der Waals surface area contributed by atoms with Crippen molar-refractivity contribution in [3.05, 3.63) is 47.9 Å². The third-order valence-electron chi connectivity index (χ3n) is 4.48. The number of benzene rings is 1. The molecule has 6 heteroatoms. The summed E-state index contributed by atoms with van der Waals surface area (Å²) in [7, 11) is 0. The van der Waals surface area contributed by atoms with Gasteiger partial charge in [-0.15, -0.1) is 0 Å². The van der Waals surface area contributed by atoms with Crippen LogP contribution >= 0.6 is 0 Å². The van der Waals surface area contributed by atoms with Crippen molar-refractivity contribution >= 4 is 5.91 Å². The van der Waals surface area contributed by atoms with Gasteiger partial charge in [0.1, 0.15) is 11.4 Å². The molecule has 1 unspecified atom stereocenters. The highest BCUT2D eigenvalue weighted by Crippen LogP contribution is 2.32. The average molecular weight is 340 g/mol. The minimum Gasteiger partial charge on any atom is -0.437 e. The van der Waals surface area contributed by atoms with E-state index in [9.17, 15) is 4.79 Å². The van der Waals surface area contributed by atoms with Crippen molar-refractivity contribution in [3.63, 3.8) is 0 Å². The first-order valence-corrected chi connectivity index (χ1v) is 8.78. The highest BCUT2D eigenvalue weighted by molar-refractivity contribution is 5.92. The van der Waals surface area contributed by atoms with Crippen LogP contribution in [0.3, 0.4) is 0 Å². The van der Waals surface area contributed by atoms with E-state index in [1.807, 2.05) is 0 Å². The molecule has 1 fully saturated rings. The van der Waals surface area contributed by atoms with Gasteiger partial charge >= 0.3 is 0 Å². The molecule has 0 radical (unpaired) electrons. The first kappa shape index (κ1) is 17.4. The summed E-state index contributed by atoms with van der Waals surface area (Å²) in [6.07, 6.45) is 6.77. The number of amides is 1. The third-order valence-corrected chi connectivity index (χ3v) is 4.48. The summed E-state index contributed by atoms with van der Waals surface area (Å²) in [5, 5.41) is 0. The fourth-order valence-corrected chi connectivity index (χ4v) is 3.29. The van der Waals surface area contributed by atoms with Gasteiger partial charge in [0, 0.05) is 30.4 Å². The molecule has 25 heavy (non-hydrogen) atoms. The lowest BCUT2D eigenvalue weighted by molar-refractivity contribution is 0.100. The van der Waals surface area contributed by atoms with Crippen LogP contribution in [0.2, 0.25) is 0 Å². The summed E-state index contributed by atoms with van der Waals surface area (Å²) in [4.78, 5) is 22.6.